The first-order valence-electron chi connectivity index (χ1n) is 11.0. The summed E-state index contributed by atoms with van der Waals surface area (Å²) in [5.74, 6) is -1.47. The Morgan fingerprint density at radius 3 is 2.41 bits per heavy atom. The molecule has 0 spiro atoms. The van der Waals surface area contributed by atoms with Gasteiger partial charge in [-0.2, -0.15) is 0 Å². The van der Waals surface area contributed by atoms with Crippen LogP contribution in [-0.4, -0.2) is 41.0 Å². The maximum absolute atomic E-state index is 13.4. The fraction of sp³-hybridized carbons (Fsp3) is 0.308. The van der Waals surface area contributed by atoms with Gasteiger partial charge in [0.15, 0.2) is 0 Å². The van der Waals surface area contributed by atoms with Crippen LogP contribution in [0.15, 0.2) is 54.6 Å². The van der Waals surface area contributed by atoms with Crippen molar-refractivity contribution in [3.05, 3.63) is 77.2 Å². The minimum absolute atomic E-state index is 0.0907. The number of aromatic carboxylic acids is 1. The second-order valence-corrected chi connectivity index (χ2v) is 11.5. The second-order valence-electron chi connectivity index (χ2n) is 9.29. The standard InChI is InChI=1S/C26H27FN2O4S/c1-26(2,3)34(33)29-15-19-14-21(25(31)32)28-24(23(19)22(29)11-12-30)18-6-4-5-17(13-18)16-7-9-20(27)10-8-16/h4-10,13-14,22,30H,11-12,15H2,1-3H3,(H,31,32)/t22-,34-/m0/s1. The van der Waals surface area contributed by atoms with Crippen molar-refractivity contribution in [2.75, 3.05) is 6.61 Å². The van der Waals surface area contributed by atoms with Crippen molar-refractivity contribution in [2.24, 2.45) is 0 Å². The van der Waals surface area contributed by atoms with E-state index in [1.807, 2.05) is 49.3 Å². The number of benzene rings is 2. The molecule has 2 atom stereocenters. The van der Waals surface area contributed by atoms with Gasteiger partial charge in [0.1, 0.15) is 22.5 Å². The molecular formula is C26H27FN2O4S. The quantitative estimate of drug-likeness (QED) is 0.519. The Labute approximate surface area is 200 Å². The highest BCUT2D eigenvalue weighted by atomic mass is 32.2. The first-order valence-corrected chi connectivity index (χ1v) is 12.1. The van der Waals surface area contributed by atoms with Crippen molar-refractivity contribution >= 4 is 17.0 Å². The van der Waals surface area contributed by atoms with Gasteiger partial charge in [-0.3, -0.25) is 0 Å². The minimum Gasteiger partial charge on any atom is -0.477 e. The lowest BCUT2D eigenvalue weighted by molar-refractivity contribution is 0.0690. The number of aliphatic hydroxyl groups is 1. The Morgan fingerprint density at radius 2 is 1.79 bits per heavy atom. The van der Waals surface area contributed by atoms with E-state index in [9.17, 15) is 23.6 Å². The van der Waals surface area contributed by atoms with Gasteiger partial charge in [-0.25, -0.2) is 22.7 Å². The van der Waals surface area contributed by atoms with Gasteiger partial charge in [-0.05, 0) is 68.1 Å². The zero-order chi connectivity index (χ0) is 24.6. The molecule has 178 valence electrons. The SMILES string of the molecule is CC(C)(C)[S@](=O)N1Cc2cc(C(=O)O)nc(-c3cccc(-c4ccc(F)cc4)c3)c2[C@@H]1CCO. The van der Waals surface area contributed by atoms with Crippen LogP contribution in [0.25, 0.3) is 22.4 Å². The number of pyridine rings is 1. The van der Waals surface area contributed by atoms with Gasteiger partial charge in [0.25, 0.3) is 0 Å². The van der Waals surface area contributed by atoms with Crippen LogP contribution in [0.3, 0.4) is 0 Å². The summed E-state index contributed by atoms with van der Waals surface area (Å²) < 4.78 is 28.0. The molecule has 34 heavy (non-hydrogen) atoms. The first-order chi connectivity index (χ1) is 16.1. The molecule has 1 aromatic heterocycles. The molecule has 0 aliphatic carbocycles. The zero-order valence-electron chi connectivity index (χ0n) is 19.3. The molecule has 1 aliphatic rings. The Bertz CT molecular complexity index is 1250. The summed E-state index contributed by atoms with van der Waals surface area (Å²) in [6, 6.07) is 14.8. The number of carboxylic acid groups (broad SMARTS) is 1. The van der Waals surface area contributed by atoms with Gasteiger partial charge < -0.3 is 10.2 Å². The number of hydrogen-bond acceptors (Lipinski definition) is 4. The van der Waals surface area contributed by atoms with Crippen molar-refractivity contribution < 1.29 is 23.6 Å². The highest BCUT2D eigenvalue weighted by molar-refractivity contribution is 7.84. The first kappa shape index (κ1) is 24.2. The zero-order valence-corrected chi connectivity index (χ0v) is 20.1. The third-order valence-electron chi connectivity index (χ3n) is 5.82. The van der Waals surface area contributed by atoms with Crippen molar-refractivity contribution in [3.8, 4) is 22.4 Å². The van der Waals surface area contributed by atoms with E-state index in [0.717, 1.165) is 22.3 Å². The molecule has 4 rings (SSSR count). The highest BCUT2D eigenvalue weighted by Crippen LogP contribution is 2.44. The molecule has 3 aromatic rings. The minimum atomic E-state index is -1.38. The molecule has 0 fully saturated rings. The fourth-order valence-corrected chi connectivity index (χ4v) is 5.69. The number of carbonyl (C=O) groups is 1. The number of halogens is 1. The van der Waals surface area contributed by atoms with Crippen LogP contribution in [-0.2, 0) is 17.5 Å². The van der Waals surface area contributed by atoms with Gasteiger partial charge in [0.2, 0.25) is 0 Å². The Kier molecular flexibility index (Phi) is 6.66. The van der Waals surface area contributed by atoms with E-state index in [4.69, 9.17) is 0 Å². The maximum Gasteiger partial charge on any atom is 0.354 e. The van der Waals surface area contributed by atoms with Crippen molar-refractivity contribution in [3.63, 3.8) is 0 Å². The van der Waals surface area contributed by atoms with E-state index in [0.29, 0.717) is 24.2 Å². The number of aromatic nitrogens is 1. The van der Waals surface area contributed by atoms with Gasteiger partial charge in [-0.15, -0.1) is 0 Å². The normalized spacial score (nSPS) is 16.9. The van der Waals surface area contributed by atoms with Gasteiger partial charge in [-0.1, -0.05) is 30.3 Å². The Balaban J connectivity index is 1.89. The number of carboxylic acids is 1. The lowest BCUT2D eigenvalue weighted by atomic mass is 9.94. The number of nitrogens with zero attached hydrogens (tertiary/aromatic N) is 2. The second kappa shape index (κ2) is 9.37. The molecule has 0 bridgehead atoms. The summed E-state index contributed by atoms with van der Waals surface area (Å²) in [4.78, 5) is 16.4. The number of aliphatic hydroxyl groups excluding tert-OH is 1. The van der Waals surface area contributed by atoms with E-state index >= 15 is 0 Å². The average Bonchev–Trinajstić information content (AvgIpc) is 3.16. The molecule has 2 N–H and O–H groups in total. The van der Waals surface area contributed by atoms with Crippen LogP contribution >= 0.6 is 0 Å². The number of hydrogen-bond donors (Lipinski definition) is 2. The van der Waals surface area contributed by atoms with Gasteiger partial charge in [0, 0.05) is 24.3 Å². The summed E-state index contributed by atoms with van der Waals surface area (Å²) in [6.45, 7) is 5.84. The van der Waals surface area contributed by atoms with E-state index in [1.165, 1.54) is 18.2 Å². The van der Waals surface area contributed by atoms with E-state index in [2.05, 4.69) is 4.98 Å². The smallest absolute Gasteiger partial charge is 0.354 e. The molecule has 0 unspecified atom stereocenters. The van der Waals surface area contributed by atoms with Crippen LogP contribution in [0.1, 0.15) is 54.8 Å². The molecule has 0 saturated heterocycles. The van der Waals surface area contributed by atoms with Crippen molar-refractivity contribution in [2.45, 2.75) is 44.5 Å². The lowest BCUT2D eigenvalue weighted by Gasteiger charge is -2.30. The lowest BCUT2D eigenvalue weighted by Crippen LogP contribution is -2.36. The van der Waals surface area contributed by atoms with Gasteiger partial charge in [0.05, 0.1) is 16.5 Å². The van der Waals surface area contributed by atoms with Crippen LogP contribution in [0, 0.1) is 5.82 Å². The number of rotatable bonds is 6. The van der Waals surface area contributed by atoms with Crippen LogP contribution in [0.4, 0.5) is 4.39 Å². The molecular weight excluding hydrogens is 455 g/mol. The summed E-state index contributed by atoms with van der Waals surface area (Å²) in [6.07, 6.45) is 0.341. The van der Waals surface area contributed by atoms with Crippen LogP contribution in [0.5, 0.6) is 0 Å². The topological polar surface area (TPSA) is 90.7 Å². The molecule has 0 saturated carbocycles. The van der Waals surface area contributed by atoms with Crippen LogP contribution < -0.4 is 0 Å². The largest absolute Gasteiger partial charge is 0.477 e. The maximum atomic E-state index is 13.4. The van der Waals surface area contributed by atoms with E-state index in [1.54, 1.807) is 12.1 Å². The van der Waals surface area contributed by atoms with Crippen molar-refractivity contribution in [1.82, 2.24) is 9.29 Å². The summed E-state index contributed by atoms with van der Waals surface area (Å²) in [5, 5.41) is 19.5. The molecule has 8 heteroatoms. The van der Waals surface area contributed by atoms with Gasteiger partial charge >= 0.3 is 5.97 Å². The molecule has 6 nitrogen and oxygen atoms in total. The summed E-state index contributed by atoms with van der Waals surface area (Å²) in [5.41, 5.74) is 4.28. The predicted octanol–water partition coefficient (Wildman–Crippen LogP) is 4.95. The third-order valence-corrected chi connectivity index (χ3v) is 7.68. The monoisotopic (exact) mass is 482 g/mol. The van der Waals surface area contributed by atoms with Crippen LogP contribution in [0.2, 0.25) is 0 Å². The fourth-order valence-electron chi connectivity index (χ4n) is 4.29. The molecule has 0 radical (unpaired) electrons. The summed E-state index contributed by atoms with van der Waals surface area (Å²) in [7, 11) is -1.38. The molecule has 0 amide bonds. The van der Waals surface area contributed by atoms with Crippen molar-refractivity contribution in [1.29, 1.82) is 0 Å². The molecule has 2 heterocycles. The third kappa shape index (κ3) is 4.66. The number of fused-ring (bicyclic) bond motifs is 1. The molecule has 1 aliphatic heterocycles. The van der Waals surface area contributed by atoms with E-state index < -0.39 is 21.7 Å². The average molecular weight is 483 g/mol. The highest BCUT2D eigenvalue weighted by Gasteiger charge is 2.40. The Hall–Kier alpha value is -2.94. The molecule has 2 aromatic carbocycles. The predicted molar refractivity (Wildman–Crippen MR) is 130 cm³/mol. The van der Waals surface area contributed by atoms with E-state index in [-0.39, 0.29) is 24.2 Å². The Morgan fingerprint density at radius 1 is 1.12 bits per heavy atom. The summed E-state index contributed by atoms with van der Waals surface area (Å²) >= 11 is 0.